The number of anilines is 2. The number of aromatic hydroxyl groups is 1. The second-order valence-corrected chi connectivity index (χ2v) is 5.45. The Labute approximate surface area is 126 Å². The van der Waals surface area contributed by atoms with E-state index in [9.17, 15) is 13.2 Å². The molecule has 0 aliphatic heterocycles. The molecular formula is C13H14N2O6S. The first kappa shape index (κ1) is 17.3. The summed E-state index contributed by atoms with van der Waals surface area (Å²) < 4.78 is 29.6. The number of rotatable bonds is 2. The van der Waals surface area contributed by atoms with Crippen molar-refractivity contribution in [1.82, 2.24) is 0 Å². The lowest BCUT2D eigenvalue weighted by Gasteiger charge is -2.01. The van der Waals surface area contributed by atoms with Crippen LogP contribution in [0.5, 0.6) is 5.75 Å². The van der Waals surface area contributed by atoms with E-state index in [-0.39, 0.29) is 27.6 Å². The quantitative estimate of drug-likeness (QED) is 0.405. The number of hydrogen-bond donors (Lipinski definition) is 5. The third kappa shape index (κ3) is 4.36. The van der Waals surface area contributed by atoms with Gasteiger partial charge in [-0.05, 0) is 24.3 Å². The monoisotopic (exact) mass is 326 g/mol. The fourth-order valence-corrected chi connectivity index (χ4v) is 2.12. The van der Waals surface area contributed by atoms with Gasteiger partial charge in [-0.1, -0.05) is 18.2 Å². The second kappa shape index (κ2) is 6.78. The number of aromatic carboxylic acids is 1. The Morgan fingerprint density at radius 1 is 0.955 bits per heavy atom. The van der Waals surface area contributed by atoms with Gasteiger partial charge in [-0.2, -0.15) is 8.42 Å². The third-order valence-electron chi connectivity index (χ3n) is 2.49. The van der Waals surface area contributed by atoms with Gasteiger partial charge in [0.25, 0.3) is 10.1 Å². The molecule has 118 valence electrons. The number of hydrogen-bond acceptors (Lipinski definition) is 6. The highest BCUT2D eigenvalue weighted by Gasteiger charge is 2.12. The van der Waals surface area contributed by atoms with Crippen molar-refractivity contribution in [2.45, 2.75) is 4.90 Å². The Balaban J connectivity index is 0.000000220. The van der Waals surface area contributed by atoms with Crippen LogP contribution in [0.15, 0.2) is 47.4 Å². The molecule has 2 aromatic carbocycles. The summed E-state index contributed by atoms with van der Waals surface area (Å²) in [5.41, 5.74) is 10.4. The zero-order valence-corrected chi connectivity index (χ0v) is 12.0. The van der Waals surface area contributed by atoms with Crippen LogP contribution in [0.3, 0.4) is 0 Å². The SMILES string of the molecule is Nc1cccc(O)c1C(=O)O.Nc1ccccc1S(=O)(=O)O. The van der Waals surface area contributed by atoms with Crippen LogP contribution in [-0.2, 0) is 10.1 Å². The molecule has 0 bridgehead atoms. The molecule has 0 spiro atoms. The molecule has 0 aliphatic rings. The van der Waals surface area contributed by atoms with E-state index in [2.05, 4.69) is 0 Å². The van der Waals surface area contributed by atoms with Gasteiger partial charge in [0, 0.05) is 5.69 Å². The number of benzene rings is 2. The standard InChI is InChI=1S/C7H7NO3.C6H7NO3S/c8-4-2-1-3-5(9)6(4)7(10)11;7-5-3-1-2-4-6(5)11(8,9)10/h1-3,9H,8H2,(H,10,11);1-4H,7H2,(H,8,9,10). The first-order valence-electron chi connectivity index (χ1n) is 5.77. The maximum Gasteiger partial charge on any atom is 0.341 e. The van der Waals surface area contributed by atoms with Crippen molar-refractivity contribution in [2.24, 2.45) is 0 Å². The summed E-state index contributed by atoms with van der Waals surface area (Å²) in [5.74, 6) is -1.53. The number of nitrogen functional groups attached to an aromatic ring is 2. The molecule has 0 aliphatic carbocycles. The van der Waals surface area contributed by atoms with Crippen LogP contribution in [0.1, 0.15) is 10.4 Å². The zero-order valence-electron chi connectivity index (χ0n) is 11.2. The van der Waals surface area contributed by atoms with Gasteiger partial charge in [-0.15, -0.1) is 0 Å². The molecule has 22 heavy (non-hydrogen) atoms. The van der Waals surface area contributed by atoms with E-state index in [4.69, 9.17) is 26.2 Å². The van der Waals surface area contributed by atoms with E-state index in [1.165, 1.54) is 36.4 Å². The van der Waals surface area contributed by atoms with Crippen molar-refractivity contribution >= 4 is 27.5 Å². The number of carbonyl (C=O) groups is 1. The first-order chi connectivity index (χ1) is 10.1. The number of carboxylic acid groups (broad SMARTS) is 1. The van der Waals surface area contributed by atoms with Gasteiger partial charge in [0.05, 0.1) is 5.69 Å². The van der Waals surface area contributed by atoms with Gasteiger partial charge in [-0.25, -0.2) is 4.79 Å². The Hall–Kier alpha value is -2.78. The second-order valence-electron chi connectivity index (χ2n) is 4.06. The molecule has 8 nitrogen and oxygen atoms in total. The van der Waals surface area contributed by atoms with E-state index in [0.717, 1.165) is 0 Å². The molecule has 0 fully saturated rings. The van der Waals surface area contributed by atoms with Crippen molar-refractivity contribution in [1.29, 1.82) is 0 Å². The number of nitrogens with two attached hydrogens (primary N) is 2. The minimum Gasteiger partial charge on any atom is -0.507 e. The highest BCUT2D eigenvalue weighted by atomic mass is 32.2. The number of para-hydroxylation sites is 1. The van der Waals surface area contributed by atoms with E-state index in [0.29, 0.717) is 0 Å². The van der Waals surface area contributed by atoms with Gasteiger partial charge >= 0.3 is 5.97 Å². The molecular weight excluding hydrogens is 312 g/mol. The van der Waals surface area contributed by atoms with Gasteiger partial charge in [0.15, 0.2) is 0 Å². The van der Waals surface area contributed by atoms with Crippen LogP contribution in [0.4, 0.5) is 11.4 Å². The average molecular weight is 326 g/mol. The van der Waals surface area contributed by atoms with Crippen LogP contribution in [0.2, 0.25) is 0 Å². The maximum atomic E-state index is 10.5. The predicted octanol–water partition coefficient (Wildman–Crippen LogP) is 1.19. The Kier molecular flexibility index (Phi) is 5.33. The van der Waals surface area contributed by atoms with Crippen molar-refractivity contribution in [3.63, 3.8) is 0 Å². The van der Waals surface area contributed by atoms with Gasteiger partial charge in [0.2, 0.25) is 0 Å². The molecule has 9 heteroatoms. The predicted molar refractivity (Wildman–Crippen MR) is 80.1 cm³/mol. The Morgan fingerprint density at radius 2 is 1.50 bits per heavy atom. The van der Waals surface area contributed by atoms with Gasteiger partial charge in [-0.3, -0.25) is 4.55 Å². The topological polar surface area (TPSA) is 164 Å². The number of phenols is 1. The highest BCUT2D eigenvalue weighted by molar-refractivity contribution is 7.86. The summed E-state index contributed by atoms with van der Waals surface area (Å²) in [6.45, 7) is 0. The molecule has 0 radical (unpaired) electrons. The van der Waals surface area contributed by atoms with Crippen LogP contribution in [0.25, 0.3) is 0 Å². The van der Waals surface area contributed by atoms with Crippen LogP contribution in [0, 0.1) is 0 Å². The minimum atomic E-state index is -4.16. The zero-order chi connectivity index (χ0) is 16.9. The van der Waals surface area contributed by atoms with Crippen molar-refractivity contribution < 1.29 is 28.0 Å². The molecule has 0 aromatic heterocycles. The first-order valence-corrected chi connectivity index (χ1v) is 7.21. The number of carboxylic acids is 1. The molecule has 2 rings (SSSR count). The maximum absolute atomic E-state index is 10.5. The largest absolute Gasteiger partial charge is 0.507 e. The van der Waals surface area contributed by atoms with Gasteiger partial charge < -0.3 is 21.7 Å². The minimum absolute atomic E-state index is 0.0509. The summed E-state index contributed by atoms with van der Waals surface area (Å²) >= 11 is 0. The summed E-state index contributed by atoms with van der Waals surface area (Å²) in [7, 11) is -4.16. The highest BCUT2D eigenvalue weighted by Crippen LogP contribution is 2.22. The molecule has 0 saturated carbocycles. The summed E-state index contributed by atoms with van der Waals surface area (Å²) in [6, 6.07) is 9.90. The third-order valence-corrected chi connectivity index (χ3v) is 3.41. The van der Waals surface area contributed by atoms with E-state index in [1.54, 1.807) is 6.07 Å². The molecule has 0 unspecified atom stereocenters. The normalized spacial score (nSPS) is 10.4. The van der Waals surface area contributed by atoms with Crippen LogP contribution < -0.4 is 11.5 Å². The van der Waals surface area contributed by atoms with Crippen molar-refractivity contribution in [3.8, 4) is 5.75 Å². The summed E-state index contributed by atoms with van der Waals surface area (Å²) in [5, 5.41) is 17.5. The van der Waals surface area contributed by atoms with Gasteiger partial charge in [0.1, 0.15) is 16.2 Å². The van der Waals surface area contributed by atoms with E-state index < -0.39 is 16.1 Å². The summed E-state index contributed by atoms with van der Waals surface area (Å²) in [4.78, 5) is 10.2. The van der Waals surface area contributed by atoms with Crippen LogP contribution in [-0.4, -0.2) is 29.2 Å². The van der Waals surface area contributed by atoms with Crippen molar-refractivity contribution in [3.05, 3.63) is 48.0 Å². The average Bonchev–Trinajstić information content (AvgIpc) is 2.38. The fourth-order valence-electron chi connectivity index (χ4n) is 1.51. The van der Waals surface area contributed by atoms with Crippen LogP contribution >= 0.6 is 0 Å². The van der Waals surface area contributed by atoms with E-state index in [1.807, 2.05) is 0 Å². The smallest absolute Gasteiger partial charge is 0.341 e. The van der Waals surface area contributed by atoms with E-state index >= 15 is 0 Å². The lowest BCUT2D eigenvalue weighted by atomic mass is 10.1. The lowest BCUT2D eigenvalue weighted by Crippen LogP contribution is -2.01. The summed E-state index contributed by atoms with van der Waals surface area (Å²) in [6.07, 6.45) is 0. The molecule has 0 heterocycles. The Morgan fingerprint density at radius 3 is 1.86 bits per heavy atom. The van der Waals surface area contributed by atoms with Crippen molar-refractivity contribution in [2.75, 3.05) is 11.5 Å². The molecule has 0 atom stereocenters. The fraction of sp³-hybridized carbons (Fsp3) is 0. The molecule has 7 N–H and O–H groups in total. The molecule has 2 aromatic rings. The Bertz CT molecular complexity index is 769. The molecule has 0 saturated heterocycles. The lowest BCUT2D eigenvalue weighted by molar-refractivity contribution is 0.0695. The molecule has 0 amide bonds.